The molecule has 3 rings (SSSR count). The first kappa shape index (κ1) is 24.1. The summed E-state index contributed by atoms with van der Waals surface area (Å²) in [6, 6.07) is 2.08. The molecule has 1 aliphatic heterocycles. The number of carbonyl (C=O) groups excluding carboxylic acids is 1. The summed E-state index contributed by atoms with van der Waals surface area (Å²) in [4.78, 5) is 18.7. The van der Waals surface area contributed by atoms with Crippen LogP contribution >= 0.6 is 47.5 Å². The fourth-order valence-corrected chi connectivity index (χ4v) is 4.23. The molecule has 1 fully saturated rings. The lowest BCUT2D eigenvalue weighted by Gasteiger charge is -2.35. The van der Waals surface area contributed by atoms with Crippen LogP contribution in [0.15, 0.2) is 22.9 Å². The van der Waals surface area contributed by atoms with E-state index in [1.54, 1.807) is 5.38 Å². The highest BCUT2D eigenvalue weighted by Gasteiger charge is 2.43. The van der Waals surface area contributed by atoms with E-state index in [0.29, 0.717) is 31.2 Å². The minimum absolute atomic E-state index is 0. The lowest BCUT2D eigenvalue weighted by Crippen LogP contribution is -2.57. The zero-order valence-electron chi connectivity index (χ0n) is 14.0. The summed E-state index contributed by atoms with van der Waals surface area (Å²) < 4.78 is 40.0. The van der Waals surface area contributed by atoms with Gasteiger partial charge in [0.15, 0.2) is 0 Å². The number of carbonyl (C=O) groups is 1. The minimum Gasteiger partial charge on any atom is -0.349 e. The zero-order chi connectivity index (χ0) is 17.9. The minimum atomic E-state index is -4.39. The van der Waals surface area contributed by atoms with Crippen LogP contribution in [-0.2, 0) is 0 Å². The molecule has 3 heterocycles. The van der Waals surface area contributed by atoms with Crippen molar-refractivity contribution in [2.24, 2.45) is 0 Å². The van der Waals surface area contributed by atoms with Crippen LogP contribution in [-0.4, -0.2) is 60.7 Å². The molecule has 1 aliphatic rings. The van der Waals surface area contributed by atoms with E-state index in [0.717, 1.165) is 4.88 Å². The molecule has 1 amide bonds. The summed E-state index contributed by atoms with van der Waals surface area (Å²) in [5, 5.41) is 9.57. The largest absolute Gasteiger partial charge is 0.405 e. The van der Waals surface area contributed by atoms with E-state index in [9.17, 15) is 18.0 Å². The van der Waals surface area contributed by atoms with Gasteiger partial charge in [0.05, 0.1) is 4.88 Å². The molecule has 0 radical (unpaired) electrons. The monoisotopic (exact) mass is 462 g/mol. The van der Waals surface area contributed by atoms with Crippen molar-refractivity contribution in [3.05, 3.63) is 28.6 Å². The number of rotatable bonds is 5. The highest BCUT2D eigenvalue weighted by molar-refractivity contribution is 7.20. The van der Waals surface area contributed by atoms with Crippen LogP contribution in [0.1, 0.15) is 10.5 Å². The summed E-state index contributed by atoms with van der Waals surface area (Å²) in [5.41, 5.74) is 0.148. The third-order valence-corrected chi connectivity index (χ3v) is 5.78. The Morgan fingerprint density at radius 3 is 2.59 bits per heavy atom. The van der Waals surface area contributed by atoms with Gasteiger partial charge in [-0.3, -0.25) is 9.69 Å². The fraction of sp³-hybridized carbons (Fsp3) is 0.467. The van der Waals surface area contributed by atoms with Gasteiger partial charge in [0.25, 0.3) is 5.91 Å². The number of nitrogens with zero attached hydrogens (tertiary/aromatic N) is 2. The average molecular weight is 463 g/mol. The smallest absolute Gasteiger partial charge is 0.349 e. The number of amides is 1. The number of thiazole rings is 1. The Hall–Kier alpha value is -0.910. The molecule has 0 aliphatic carbocycles. The molecule has 1 unspecified atom stereocenters. The number of aromatic nitrogens is 1. The second-order valence-corrected chi connectivity index (χ2v) is 7.37. The van der Waals surface area contributed by atoms with Gasteiger partial charge in [0, 0.05) is 38.1 Å². The Balaban J connectivity index is 0.00000182. The molecule has 2 N–H and O–H groups in total. The Morgan fingerprint density at radius 2 is 2.00 bits per heavy atom. The van der Waals surface area contributed by atoms with Crippen molar-refractivity contribution in [3.8, 4) is 9.88 Å². The number of alkyl halides is 3. The first-order valence-electron chi connectivity index (χ1n) is 7.74. The van der Waals surface area contributed by atoms with Crippen molar-refractivity contribution in [3.63, 3.8) is 0 Å². The summed E-state index contributed by atoms with van der Waals surface area (Å²) >= 11 is 2.80. The highest BCUT2D eigenvalue weighted by atomic mass is 35.5. The highest BCUT2D eigenvalue weighted by Crippen LogP contribution is 2.28. The van der Waals surface area contributed by atoms with Crippen molar-refractivity contribution < 1.29 is 18.0 Å². The molecule has 0 saturated carbocycles. The SMILES string of the molecule is Cl.Cl.O=C(NCC(N1CCNCC1)C(F)(F)F)c1csc(-c2cccs2)n1. The normalized spacial score (nSPS) is 16.1. The molecule has 152 valence electrons. The summed E-state index contributed by atoms with van der Waals surface area (Å²) in [7, 11) is 0. The standard InChI is InChI=1S/C15H17F3N4OS2.2ClH/c16-15(17,18)12(22-5-3-19-4-6-22)8-20-13(23)10-9-25-14(21-10)11-2-1-7-24-11;;/h1-2,7,9,12,19H,3-6,8H2,(H,20,23);2*1H. The Morgan fingerprint density at radius 1 is 1.30 bits per heavy atom. The Labute approximate surface area is 175 Å². The van der Waals surface area contributed by atoms with Gasteiger partial charge < -0.3 is 10.6 Å². The van der Waals surface area contributed by atoms with Gasteiger partial charge in [-0.1, -0.05) is 6.07 Å². The molecular formula is C15H19Cl2F3N4OS2. The van der Waals surface area contributed by atoms with Crippen LogP contribution in [0.25, 0.3) is 9.88 Å². The topological polar surface area (TPSA) is 57.3 Å². The van der Waals surface area contributed by atoms with Gasteiger partial charge in [-0.2, -0.15) is 13.2 Å². The van der Waals surface area contributed by atoms with Crippen LogP contribution in [0.2, 0.25) is 0 Å². The Kier molecular flexibility index (Phi) is 9.46. The maximum Gasteiger partial charge on any atom is 0.405 e. The van der Waals surface area contributed by atoms with Gasteiger partial charge in [-0.15, -0.1) is 47.5 Å². The third kappa shape index (κ3) is 6.30. The molecule has 12 heteroatoms. The number of nitrogens with one attached hydrogen (secondary N) is 2. The van der Waals surface area contributed by atoms with E-state index in [4.69, 9.17) is 0 Å². The number of thiophene rings is 1. The van der Waals surface area contributed by atoms with Crippen LogP contribution < -0.4 is 10.6 Å². The number of hydrogen-bond acceptors (Lipinski definition) is 6. The molecule has 1 saturated heterocycles. The quantitative estimate of drug-likeness (QED) is 0.715. The molecule has 2 aromatic rings. The molecule has 5 nitrogen and oxygen atoms in total. The van der Waals surface area contributed by atoms with Crippen LogP contribution in [0, 0.1) is 0 Å². The van der Waals surface area contributed by atoms with Crippen molar-refractivity contribution in [1.82, 2.24) is 20.5 Å². The van der Waals surface area contributed by atoms with Crippen molar-refractivity contribution in [2.45, 2.75) is 12.2 Å². The van der Waals surface area contributed by atoms with Gasteiger partial charge in [0.2, 0.25) is 0 Å². The second kappa shape index (κ2) is 10.6. The predicted octanol–water partition coefficient (Wildman–Crippen LogP) is 3.28. The van der Waals surface area contributed by atoms with Gasteiger partial charge in [0.1, 0.15) is 16.7 Å². The summed E-state index contributed by atoms with van der Waals surface area (Å²) in [5.74, 6) is -0.580. The molecule has 0 bridgehead atoms. The number of piperazine rings is 1. The van der Waals surface area contributed by atoms with E-state index >= 15 is 0 Å². The van der Waals surface area contributed by atoms with E-state index in [1.807, 2.05) is 17.5 Å². The molecule has 27 heavy (non-hydrogen) atoms. The maximum atomic E-state index is 13.3. The van der Waals surface area contributed by atoms with Crippen molar-refractivity contribution >= 4 is 53.4 Å². The zero-order valence-corrected chi connectivity index (χ0v) is 17.3. The van der Waals surface area contributed by atoms with E-state index in [2.05, 4.69) is 15.6 Å². The van der Waals surface area contributed by atoms with Gasteiger partial charge >= 0.3 is 6.18 Å². The second-order valence-electron chi connectivity index (χ2n) is 5.57. The number of hydrogen-bond donors (Lipinski definition) is 2. The fourth-order valence-electron chi connectivity index (χ4n) is 2.62. The summed E-state index contributed by atoms with van der Waals surface area (Å²) in [6.07, 6.45) is -4.39. The van der Waals surface area contributed by atoms with E-state index < -0.39 is 24.7 Å². The van der Waals surface area contributed by atoms with Crippen LogP contribution in [0.4, 0.5) is 13.2 Å². The average Bonchev–Trinajstić information content (AvgIpc) is 3.26. The third-order valence-electron chi connectivity index (χ3n) is 3.89. The van der Waals surface area contributed by atoms with Crippen molar-refractivity contribution in [1.29, 1.82) is 0 Å². The first-order chi connectivity index (χ1) is 11.9. The van der Waals surface area contributed by atoms with Crippen molar-refractivity contribution in [2.75, 3.05) is 32.7 Å². The molecular weight excluding hydrogens is 444 g/mol. The Bertz CT molecular complexity index is 706. The van der Waals surface area contributed by atoms with Gasteiger partial charge in [-0.05, 0) is 11.4 Å². The predicted molar refractivity (Wildman–Crippen MR) is 107 cm³/mol. The van der Waals surface area contributed by atoms with E-state index in [1.165, 1.54) is 27.6 Å². The van der Waals surface area contributed by atoms with Crippen LogP contribution in [0.3, 0.4) is 0 Å². The number of halogens is 5. The lowest BCUT2D eigenvalue weighted by molar-refractivity contribution is -0.183. The maximum absolute atomic E-state index is 13.3. The van der Waals surface area contributed by atoms with E-state index in [-0.39, 0.29) is 30.5 Å². The first-order valence-corrected chi connectivity index (χ1v) is 9.50. The molecule has 0 aromatic carbocycles. The van der Waals surface area contributed by atoms with Gasteiger partial charge in [-0.25, -0.2) is 4.98 Å². The molecule has 1 atom stereocenters. The molecule has 2 aromatic heterocycles. The summed E-state index contributed by atoms with van der Waals surface area (Å²) in [6.45, 7) is 1.15. The van der Waals surface area contributed by atoms with Crippen LogP contribution in [0.5, 0.6) is 0 Å². The lowest BCUT2D eigenvalue weighted by atomic mass is 10.2. The molecule has 0 spiro atoms.